The van der Waals surface area contributed by atoms with Gasteiger partial charge in [0.15, 0.2) is 0 Å². The lowest BCUT2D eigenvalue weighted by Crippen LogP contribution is -2.36. The molecule has 0 fully saturated rings. The topological polar surface area (TPSA) is 59.8 Å². The molecule has 0 bridgehead atoms. The highest BCUT2D eigenvalue weighted by atomic mass is 32.1. The SMILES string of the molecule is Cc1cc(C(F)F)nn1[C@@H](C)C(=O)N[C@H](Cc1ccsc1)c1ccccn1. The van der Waals surface area contributed by atoms with Crippen molar-refractivity contribution in [3.05, 3.63) is 69.9 Å². The monoisotopic (exact) mass is 390 g/mol. The van der Waals surface area contributed by atoms with E-state index in [2.05, 4.69) is 15.4 Å². The molecule has 5 nitrogen and oxygen atoms in total. The van der Waals surface area contributed by atoms with Gasteiger partial charge in [-0.15, -0.1) is 0 Å². The van der Waals surface area contributed by atoms with E-state index in [4.69, 9.17) is 0 Å². The number of thiophene rings is 1. The highest BCUT2D eigenvalue weighted by Crippen LogP contribution is 2.22. The van der Waals surface area contributed by atoms with Crippen molar-refractivity contribution in [1.82, 2.24) is 20.1 Å². The van der Waals surface area contributed by atoms with Crippen molar-refractivity contribution in [3.63, 3.8) is 0 Å². The molecular formula is C19H20F2N4OS. The number of carbonyl (C=O) groups excluding carboxylic acids is 1. The largest absolute Gasteiger partial charge is 0.346 e. The predicted octanol–water partition coefficient (Wildman–Crippen LogP) is 4.25. The van der Waals surface area contributed by atoms with E-state index >= 15 is 0 Å². The molecule has 0 saturated heterocycles. The molecular weight excluding hydrogens is 370 g/mol. The van der Waals surface area contributed by atoms with Crippen molar-refractivity contribution < 1.29 is 13.6 Å². The van der Waals surface area contributed by atoms with Gasteiger partial charge in [-0.2, -0.15) is 16.4 Å². The Morgan fingerprint density at radius 1 is 1.30 bits per heavy atom. The minimum atomic E-state index is -2.67. The van der Waals surface area contributed by atoms with Crippen LogP contribution in [0.2, 0.25) is 0 Å². The molecule has 1 amide bonds. The first-order valence-corrected chi connectivity index (χ1v) is 9.46. The van der Waals surface area contributed by atoms with E-state index in [0.717, 1.165) is 11.3 Å². The molecule has 142 valence electrons. The first kappa shape index (κ1) is 19.2. The van der Waals surface area contributed by atoms with Gasteiger partial charge in [-0.3, -0.25) is 14.5 Å². The summed E-state index contributed by atoms with van der Waals surface area (Å²) < 4.78 is 27.1. The van der Waals surface area contributed by atoms with Gasteiger partial charge in [-0.05, 0) is 60.9 Å². The summed E-state index contributed by atoms with van der Waals surface area (Å²) in [6.07, 6.45) is -0.391. The van der Waals surface area contributed by atoms with Crippen LogP contribution in [0.5, 0.6) is 0 Å². The van der Waals surface area contributed by atoms with Gasteiger partial charge in [0, 0.05) is 11.9 Å². The summed E-state index contributed by atoms with van der Waals surface area (Å²) in [6.45, 7) is 3.30. The zero-order valence-corrected chi connectivity index (χ0v) is 15.8. The van der Waals surface area contributed by atoms with Crippen molar-refractivity contribution in [2.75, 3.05) is 0 Å². The predicted molar refractivity (Wildman–Crippen MR) is 99.8 cm³/mol. The number of halogens is 2. The number of aromatic nitrogens is 3. The summed E-state index contributed by atoms with van der Waals surface area (Å²) in [5, 5.41) is 10.9. The Balaban J connectivity index is 1.79. The Hall–Kier alpha value is -2.61. The minimum absolute atomic E-state index is 0.298. The minimum Gasteiger partial charge on any atom is -0.346 e. The summed E-state index contributed by atoms with van der Waals surface area (Å²) in [7, 11) is 0. The number of nitrogens with one attached hydrogen (secondary N) is 1. The lowest BCUT2D eigenvalue weighted by Gasteiger charge is -2.21. The molecule has 8 heteroatoms. The van der Waals surface area contributed by atoms with Crippen LogP contribution in [-0.4, -0.2) is 20.7 Å². The molecule has 27 heavy (non-hydrogen) atoms. The molecule has 3 aromatic heterocycles. The third-order valence-corrected chi connectivity index (χ3v) is 5.02. The zero-order valence-electron chi connectivity index (χ0n) is 15.0. The van der Waals surface area contributed by atoms with E-state index < -0.39 is 12.5 Å². The number of pyridine rings is 1. The summed E-state index contributed by atoms with van der Waals surface area (Å²) in [5.74, 6) is -0.298. The number of amides is 1. The molecule has 2 atom stereocenters. The second-order valence-electron chi connectivity index (χ2n) is 6.28. The quantitative estimate of drug-likeness (QED) is 0.656. The Bertz CT molecular complexity index is 881. The Morgan fingerprint density at radius 2 is 2.11 bits per heavy atom. The molecule has 1 N–H and O–H groups in total. The van der Waals surface area contributed by atoms with E-state index in [1.807, 2.05) is 35.0 Å². The van der Waals surface area contributed by atoms with E-state index in [1.54, 1.807) is 31.4 Å². The molecule has 0 saturated carbocycles. The van der Waals surface area contributed by atoms with Gasteiger partial charge < -0.3 is 5.32 Å². The summed E-state index contributed by atoms with van der Waals surface area (Å²) in [4.78, 5) is 17.2. The van der Waals surface area contributed by atoms with Crippen LogP contribution < -0.4 is 5.32 Å². The number of rotatable bonds is 7. The van der Waals surface area contributed by atoms with E-state index in [9.17, 15) is 13.6 Å². The fourth-order valence-electron chi connectivity index (χ4n) is 2.87. The van der Waals surface area contributed by atoms with Crippen LogP contribution in [0.15, 0.2) is 47.3 Å². The molecule has 0 aliphatic rings. The highest BCUT2D eigenvalue weighted by Gasteiger charge is 2.24. The van der Waals surface area contributed by atoms with Crippen LogP contribution in [0.25, 0.3) is 0 Å². The lowest BCUT2D eigenvalue weighted by atomic mass is 10.0. The van der Waals surface area contributed by atoms with Crippen molar-refractivity contribution in [2.45, 2.75) is 38.8 Å². The standard InChI is InChI=1S/C19H20F2N4OS/c1-12-9-17(18(20)21)24-25(12)13(2)19(26)23-16(10-14-6-8-27-11-14)15-5-3-4-7-22-15/h3-9,11,13,16,18H,10H2,1-2H3,(H,23,26)/t13-,16+/m0/s1. The average Bonchev–Trinajstić information content (AvgIpc) is 3.30. The summed E-state index contributed by atoms with van der Waals surface area (Å²) >= 11 is 1.59. The second-order valence-corrected chi connectivity index (χ2v) is 7.06. The number of hydrogen-bond acceptors (Lipinski definition) is 4. The second kappa shape index (κ2) is 8.39. The normalized spacial score (nSPS) is 13.5. The number of hydrogen-bond donors (Lipinski definition) is 1. The maximum absolute atomic E-state index is 12.9. The first-order valence-electron chi connectivity index (χ1n) is 8.52. The van der Waals surface area contributed by atoms with Crippen molar-refractivity contribution in [2.24, 2.45) is 0 Å². The van der Waals surface area contributed by atoms with Crippen molar-refractivity contribution >= 4 is 17.2 Å². The molecule has 3 rings (SSSR count). The average molecular weight is 390 g/mol. The highest BCUT2D eigenvalue weighted by molar-refractivity contribution is 7.07. The molecule has 3 heterocycles. The summed E-state index contributed by atoms with van der Waals surface area (Å²) in [5.41, 5.74) is 2.03. The van der Waals surface area contributed by atoms with Crippen molar-refractivity contribution in [3.8, 4) is 0 Å². The van der Waals surface area contributed by atoms with Crippen LogP contribution in [0.1, 0.15) is 48.1 Å². The zero-order chi connectivity index (χ0) is 19.4. The maximum atomic E-state index is 12.9. The number of aryl methyl sites for hydroxylation is 1. The van der Waals surface area contributed by atoms with Gasteiger partial charge in [0.05, 0.1) is 11.7 Å². The molecule has 0 aromatic carbocycles. The Morgan fingerprint density at radius 3 is 2.70 bits per heavy atom. The van der Waals surface area contributed by atoms with Crippen LogP contribution in [0.4, 0.5) is 8.78 Å². The third-order valence-electron chi connectivity index (χ3n) is 4.29. The fraction of sp³-hybridized carbons (Fsp3) is 0.316. The van der Waals surface area contributed by atoms with Gasteiger partial charge in [-0.25, -0.2) is 8.78 Å². The molecule has 0 spiro atoms. The van der Waals surface area contributed by atoms with E-state index in [-0.39, 0.29) is 17.6 Å². The molecule has 0 radical (unpaired) electrons. The van der Waals surface area contributed by atoms with Gasteiger partial charge in [-0.1, -0.05) is 6.07 Å². The Labute approximate surface area is 160 Å². The molecule has 0 aliphatic heterocycles. The number of carbonyl (C=O) groups is 1. The fourth-order valence-corrected chi connectivity index (χ4v) is 3.55. The molecule has 0 aliphatic carbocycles. The third kappa shape index (κ3) is 4.57. The van der Waals surface area contributed by atoms with Gasteiger partial charge in [0.25, 0.3) is 6.43 Å². The van der Waals surface area contributed by atoms with E-state index in [1.165, 1.54) is 10.7 Å². The van der Waals surface area contributed by atoms with Crippen LogP contribution in [0, 0.1) is 6.92 Å². The molecule has 0 unspecified atom stereocenters. The summed E-state index contributed by atoms with van der Waals surface area (Å²) in [6, 6.07) is 7.81. The lowest BCUT2D eigenvalue weighted by molar-refractivity contribution is -0.125. The Kier molecular flexibility index (Phi) is 5.95. The van der Waals surface area contributed by atoms with Gasteiger partial charge >= 0.3 is 0 Å². The van der Waals surface area contributed by atoms with Gasteiger partial charge in [0.1, 0.15) is 11.7 Å². The van der Waals surface area contributed by atoms with Crippen molar-refractivity contribution in [1.29, 1.82) is 0 Å². The maximum Gasteiger partial charge on any atom is 0.282 e. The van der Waals surface area contributed by atoms with Crippen LogP contribution >= 0.6 is 11.3 Å². The first-order chi connectivity index (χ1) is 13.0. The van der Waals surface area contributed by atoms with Crippen LogP contribution in [0.3, 0.4) is 0 Å². The van der Waals surface area contributed by atoms with Gasteiger partial charge in [0.2, 0.25) is 5.91 Å². The molecule has 3 aromatic rings. The van der Waals surface area contributed by atoms with Crippen LogP contribution in [-0.2, 0) is 11.2 Å². The smallest absolute Gasteiger partial charge is 0.282 e. The van der Waals surface area contributed by atoms with E-state index in [0.29, 0.717) is 12.1 Å². The number of nitrogens with zero attached hydrogens (tertiary/aromatic N) is 3. The number of alkyl halides is 2.